The number of hydrogen-bond acceptors (Lipinski definition) is 6. The van der Waals surface area contributed by atoms with Crippen LogP contribution in [0.1, 0.15) is 39.4 Å². The van der Waals surface area contributed by atoms with E-state index in [1.165, 1.54) is 11.1 Å². The first-order valence-corrected chi connectivity index (χ1v) is 10.8. The van der Waals surface area contributed by atoms with Crippen LogP contribution in [0.3, 0.4) is 0 Å². The Kier molecular flexibility index (Phi) is 6.31. The van der Waals surface area contributed by atoms with Gasteiger partial charge < -0.3 is 14.7 Å². The zero-order valence-corrected chi connectivity index (χ0v) is 19.3. The summed E-state index contributed by atoms with van der Waals surface area (Å²) in [5, 5.41) is 10.9. The Labute approximate surface area is 196 Å². The summed E-state index contributed by atoms with van der Waals surface area (Å²) in [6, 6.07) is 5.84. The molecular weight excluding hydrogens is 436 g/mol. The Morgan fingerprint density at radius 1 is 1.26 bits per heavy atom. The maximum atomic E-state index is 13.4. The topological polar surface area (TPSA) is 114 Å². The molecule has 1 unspecified atom stereocenters. The lowest BCUT2D eigenvalue weighted by Gasteiger charge is -2.21. The van der Waals surface area contributed by atoms with Crippen molar-refractivity contribution in [2.75, 3.05) is 11.9 Å². The summed E-state index contributed by atoms with van der Waals surface area (Å²) in [7, 11) is 1.56. The first-order chi connectivity index (χ1) is 16.3. The van der Waals surface area contributed by atoms with E-state index in [1.54, 1.807) is 42.2 Å². The first-order valence-electron chi connectivity index (χ1n) is 10.8. The molecule has 1 aliphatic rings. The minimum atomic E-state index is -0.695. The van der Waals surface area contributed by atoms with Crippen molar-refractivity contribution < 1.29 is 18.9 Å². The quantitative estimate of drug-likeness (QED) is 0.407. The monoisotopic (exact) mass is 462 g/mol. The normalized spacial score (nSPS) is 15.8. The second kappa shape index (κ2) is 9.34. The van der Waals surface area contributed by atoms with Gasteiger partial charge in [-0.2, -0.15) is 5.10 Å². The molecule has 1 saturated heterocycles. The van der Waals surface area contributed by atoms with E-state index in [-0.39, 0.29) is 18.4 Å². The number of benzene rings is 1. The van der Waals surface area contributed by atoms with Crippen molar-refractivity contribution in [3.8, 4) is 0 Å². The van der Waals surface area contributed by atoms with Gasteiger partial charge in [-0.1, -0.05) is 23.4 Å². The van der Waals surface area contributed by atoms with Crippen LogP contribution in [0.4, 0.5) is 10.5 Å². The number of aromatic nitrogens is 3. The number of nitrogens with one attached hydrogen (secondary N) is 1. The van der Waals surface area contributed by atoms with Crippen molar-refractivity contribution in [3.05, 3.63) is 77.5 Å². The summed E-state index contributed by atoms with van der Waals surface area (Å²) < 4.78 is 6.84. The van der Waals surface area contributed by atoms with Gasteiger partial charge in [-0.25, -0.2) is 9.69 Å². The largest absolute Gasteiger partial charge is 0.361 e. The molecule has 4 amide bonds. The molecule has 0 bridgehead atoms. The summed E-state index contributed by atoms with van der Waals surface area (Å²) in [6.07, 6.45) is 5.08. The van der Waals surface area contributed by atoms with Crippen LogP contribution in [0, 0.1) is 13.8 Å². The Hall–Kier alpha value is -4.21. The smallest absolute Gasteiger partial charge is 0.332 e. The predicted molar refractivity (Wildman–Crippen MR) is 124 cm³/mol. The molecule has 176 valence electrons. The van der Waals surface area contributed by atoms with Gasteiger partial charge in [-0.15, -0.1) is 6.58 Å². The standard InChI is InChI=1S/C24H26N6O4/c1-5-7-21-23(32)30(19-11-26-28(13-19)14-20-15(2)27-34-16(20)3)24(33)29(21)12-17-8-6-9-18(10-17)22(31)25-4/h5-6,8-11,13,21H,1,7,12,14H2,2-4H3,(H,25,31). The number of rotatable bonds is 8. The Morgan fingerprint density at radius 2 is 2.06 bits per heavy atom. The van der Waals surface area contributed by atoms with Crippen LogP contribution in [0.15, 0.2) is 53.8 Å². The molecule has 3 aromatic rings. The first kappa shape index (κ1) is 23.0. The molecular formula is C24H26N6O4. The van der Waals surface area contributed by atoms with Crippen LogP contribution >= 0.6 is 0 Å². The minimum Gasteiger partial charge on any atom is -0.361 e. The highest BCUT2D eigenvalue weighted by Gasteiger charge is 2.45. The van der Waals surface area contributed by atoms with Crippen molar-refractivity contribution >= 4 is 23.5 Å². The number of anilines is 1. The van der Waals surface area contributed by atoms with Gasteiger partial charge >= 0.3 is 6.03 Å². The number of carbonyl (C=O) groups is 3. The summed E-state index contributed by atoms with van der Waals surface area (Å²) >= 11 is 0. The Morgan fingerprint density at radius 3 is 2.74 bits per heavy atom. The van der Waals surface area contributed by atoms with E-state index in [2.05, 4.69) is 22.2 Å². The predicted octanol–water partition coefficient (Wildman–Crippen LogP) is 2.81. The molecule has 10 nitrogen and oxygen atoms in total. The second-order valence-electron chi connectivity index (χ2n) is 8.10. The highest BCUT2D eigenvalue weighted by atomic mass is 16.5. The fourth-order valence-electron chi connectivity index (χ4n) is 4.04. The SMILES string of the molecule is C=CCC1C(=O)N(c2cnn(Cc3c(C)noc3C)c2)C(=O)N1Cc1cccc(C(=O)NC)c1. The highest BCUT2D eigenvalue weighted by molar-refractivity contribution is 6.21. The molecule has 10 heteroatoms. The average Bonchev–Trinajstić information content (AvgIpc) is 3.48. The molecule has 1 atom stereocenters. The number of amides is 4. The highest BCUT2D eigenvalue weighted by Crippen LogP contribution is 2.29. The average molecular weight is 463 g/mol. The van der Waals surface area contributed by atoms with Gasteiger partial charge in [0.2, 0.25) is 0 Å². The van der Waals surface area contributed by atoms with E-state index in [0.717, 1.165) is 21.7 Å². The molecule has 2 aromatic heterocycles. The zero-order valence-electron chi connectivity index (χ0n) is 19.3. The van der Waals surface area contributed by atoms with Gasteiger partial charge in [0, 0.05) is 30.9 Å². The second-order valence-corrected chi connectivity index (χ2v) is 8.10. The third-order valence-electron chi connectivity index (χ3n) is 5.86. The molecule has 0 saturated carbocycles. The summed E-state index contributed by atoms with van der Waals surface area (Å²) in [4.78, 5) is 41.3. The van der Waals surface area contributed by atoms with Crippen molar-refractivity contribution in [3.63, 3.8) is 0 Å². The Bertz CT molecular complexity index is 1240. The number of aryl methyl sites for hydroxylation is 2. The van der Waals surface area contributed by atoms with Crippen LogP contribution in [0.25, 0.3) is 0 Å². The lowest BCUT2D eigenvalue weighted by Crippen LogP contribution is -2.34. The van der Waals surface area contributed by atoms with Gasteiger partial charge in [0.05, 0.1) is 24.1 Å². The van der Waals surface area contributed by atoms with Crippen molar-refractivity contribution in [1.29, 1.82) is 0 Å². The number of carbonyl (C=O) groups excluding carboxylic acids is 3. The maximum Gasteiger partial charge on any atom is 0.332 e. The molecule has 1 aliphatic heterocycles. The number of hydrogen-bond donors (Lipinski definition) is 1. The van der Waals surface area contributed by atoms with Crippen molar-refractivity contribution in [1.82, 2.24) is 25.2 Å². The minimum absolute atomic E-state index is 0.178. The van der Waals surface area contributed by atoms with E-state index in [4.69, 9.17) is 4.52 Å². The van der Waals surface area contributed by atoms with E-state index in [9.17, 15) is 14.4 Å². The molecule has 3 heterocycles. The van der Waals surface area contributed by atoms with Gasteiger partial charge in [0.1, 0.15) is 11.8 Å². The van der Waals surface area contributed by atoms with Crippen LogP contribution < -0.4 is 10.2 Å². The zero-order chi connectivity index (χ0) is 24.4. The molecule has 1 N–H and O–H groups in total. The molecule has 1 aromatic carbocycles. The van der Waals surface area contributed by atoms with Crippen LogP contribution in [-0.4, -0.2) is 50.8 Å². The number of imide groups is 1. The van der Waals surface area contributed by atoms with Crippen LogP contribution in [0.2, 0.25) is 0 Å². The molecule has 34 heavy (non-hydrogen) atoms. The summed E-state index contributed by atoms with van der Waals surface area (Å²) in [6.45, 7) is 8.00. The lowest BCUT2D eigenvalue weighted by molar-refractivity contribution is -0.119. The number of nitrogens with zero attached hydrogens (tertiary/aromatic N) is 5. The van der Waals surface area contributed by atoms with Crippen molar-refractivity contribution in [2.24, 2.45) is 0 Å². The van der Waals surface area contributed by atoms with Crippen molar-refractivity contribution in [2.45, 2.75) is 39.4 Å². The van der Waals surface area contributed by atoms with E-state index in [0.29, 0.717) is 30.0 Å². The van der Waals surface area contributed by atoms with E-state index in [1.807, 2.05) is 19.9 Å². The van der Waals surface area contributed by atoms with Crippen LogP contribution in [-0.2, 0) is 17.9 Å². The summed E-state index contributed by atoms with van der Waals surface area (Å²) in [5.74, 6) is 0.129. The van der Waals surface area contributed by atoms with Gasteiger partial charge in [0.25, 0.3) is 11.8 Å². The van der Waals surface area contributed by atoms with Gasteiger partial charge in [-0.3, -0.25) is 14.3 Å². The Balaban J connectivity index is 1.59. The molecule has 0 spiro atoms. The molecule has 0 radical (unpaired) electrons. The number of urea groups is 1. The van der Waals surface area contributed by atoms with Gasteiger partial charge in [0.15, 0.2) is 0 Å². The van der Waals surface area contributed by atoms with Gasteiger partial charge in [-0.05, 0) is 38.0 Å². The fraction of sp³-hybridized carbons (Fsp3) is 0.292. The van der Waals surface area contributed by atoms with E-state index >= 15 is 0 Å². The summed E-state index contributed by atoms with van der Waals surface area (Å²) in [5.41, 5.74) is 3.27. The third kappa shape index (κ3) is 4.21. The molecule has 1 fully saturated rings. The molecule has 4 rings (SSSR count). The van der Waals surface area contributed by atoms with Crippen LogP contribution in [0.5, 0.6) is 0 Å². The van der Waals surface area contributed by atoms with E-state index < -0.39 is 12.1 Å². The lowest BCUT2D eigenvalue weighted by atomic mass is 10.1. The fourth-order valence-corrected chi connectivity index (χ4v) is 4.04. The molecule has 0 aliphatic carbocycles. The third-order valence-corrected chi connectivity index (χ3v) is 5.86. The maximum absolute atomic E-state index is 13.4.